The van der Waals surface area contributed by atoms with Crippen LogP contribution in [-0.4, -0.2) is 112 Å². The Balaban J connectivity index is 0.000000251. The zero-order valence-corrected chi connectivity index (χ0v) is 64.9. The fraction of sp³-hybridized carbons (Fsp3) is 0.164. The maximum atomic E-state index is 13.7. The van der Waals surface area contributed by atoms with Crippen LogP contribution in [0, 0.1) is 29.1 Å². The smallest absolute Gasteiger partial charge is 0.417 e. The van der Waals surface area contributed by atoms with Crippen LogP contribution < -0.4 is 40.5 Å². The number of carbonyl (C=O) groups is 9. The SMILES string of the molecule is COc1cc(F)ccc1Oc1cc(C(F)(F)F)c(Cl)cc1C(=O)NC1=CC(=O)CN=C1.COc1cc(F)ccc1Oc1cc(C(F)(F)F)c(Cl)cc1C(=O)Nc1cnn(COC(=O)CCC(=O)O)c(=O)c1.O=C(Cl)c1cc(Cl)c(C(F)(F)F)cc1F.O=C(O)c1cc(Cl)c(C(F)(F)F)cc1F.O=C1C=C(NC(=O)c2cc(Cl)c(C(F)(F)F)cc2F)C=NC1. The third-order valence-corrected chi connectivity index (χ3v) is 16.6. The predicted molar refractivity (Wildman–Crippen MR) is 393 cm³/mol. The van der Waals surface area contributed by atoms with Crippen molar-refractivity contribution in [1.82, 2.24) is 20.4 Å². The summed E-state index contributed by atoms with van der Waals surface area (Å²) >= 11 is 32.3. The molecule has 5 N–H and O–H groups in total. The quantitative estimate of drug-likeness (QED) is 0.0285. The number of allylic oxidation sites excluding steroid dienone is 2. The Bertz CT molecular complexity index is 5590. The largest absolute Gasteiger partial charge is 0.493 e. The minimum Gasteiger partial charge on any atom is -0.493 e. The fourth-order valence-corrected chi connectivity index (χ4v) is 10.8. The van der Waals surface area contributed by atoms with Crippen molar-refractivity contribution in [3.63, 3.8) is 0 Å². The Kier molecular flexibility index (Phi) is 33.9. The van der Waals surface area contributed by atoms with Gasteiger partial charge in [-0.1, -0.05) is 58.0 Å². The van der Waals surface area contributed by atoms with Crippen LogP contribution in [-0.2, 0) is 61.5 Å². The summed E-state index contributed by atoms with van der Waals surface area (Å²) in [5.41, 5.74) is -10.8. The molecule has 3 heterocycles. The van der Waals surface area contributed by atoms with Crippen molar-refractivity contribution in [2.24, 2.45) is 9.98 Å². The Morgan fingerprint density at radius 2 is 0.789 bits per heavy atom. The van der Waals surface area contributed by atoms with Gasteiger partial charge in [-0.15, -0.1) is 0 Å². The van der Waals surface area contributed by atoms with E-state index in [-0.39, 0.29) is 88.5 Å². The van der Waals surface area contributed by atoms with Crippen molar-refractivity contribution >= 4 is 140 Å². The first-order chi connectivity index (χ1) is 57.0. The summed E-state index contributed by atoms with van der Waals surface area (Å²) < 4.78 is 284. The molecule has 0 aliphatic carbocycles. The van der Waals surface area contributed by atoms with Gasteiger partial charge in [-0.3, -0.25) is 53.1 Å². The number of carboxylic acid groups (broad SMARTS) is 2. The number of benzene rings is 7. The number of hydrogen-bond acceptors (Lipinski definition) is 18. The van der Waals surface area contributed by atoms with Crippen LogP contribution in [0.25, 0.3) is 0 Å². The van der Waals surface area contributed by atoms with Crippen LogP contribution in [0.3, 0.4) is 0 Å². The molecular weight excluding hydrogens is 1840 g/mol. The number of nitrogens with one attached hydrogen (secondary N) is 3. The van der Waals surface area contributed by atoms with E-state index in [9.17, 15) is 136 Å². The van der Waals surface area contributed by atoms with Crippen LogP contribution >= 0.6 is 69.6 Å². The maximum absolute atomic E-state index is 13.7. The van der Waals surface area contributed by atoms with Crippen LogP contribution in [0.15, 0.2) is 148 Å². The summed E-state index contributed by atoms with van der Waals surface area (Å²) in [6.45, 7) is -0.790. The molecule has 654 valence electrons. The van der Waals surface area contributed by atoms with Crippen LogP contribution in [0.5, 0.6) is 34.5 Å². The lowest BCUT2D eigenvalue weighted by Crippen LogP contribution is -2.27. The van der Waals surface area contributed by atoms with Crippen LogP contribution in [0.1, 0.15) is 92.4 Å². The van der Waals surface area contributed by atoms with Gasteiger partial charge in [0.25, 0.3) is 28.5 Å². The van der Waals surface area contributed by atoms with Gasteiger partial charge in [0.1, 0.15) is 53.7 Å². The lowest BCUT2D eigenvalue weighted by Gasteiger charge is -2.17. The molecule has 2 aliphatic heterocycles. The zero-order valence-electron chi connectivity index (χ0n) is 60.4. The molecule has 0 saturated heterocycles. The Hall–Kier alpha value is -12.4. The molecule has 0 fully saturated rings. The van der Waals surface area contributed by atoms with E-state index in [0.29, 0.717) is 41.1 Å². The minimum absolute atomic E-state index is 0.0108. The number of carbonyl (C=O) groups excluding carboxylic acids is 7. The number of ether oxygens (including phenoxy) is 5. The molecule has 0 atom stereocenters. The maximum Gasteiger partial charge on any atom is 0.417 e. The third kappa shape index (κ3) is 28.6. The molecule has 0 unspecified atom stereocenters. The number of hydrogen-bond donors (Lipinski definition) is 5. The first-order valence-corrected chi connectivity index (χ1v) is 34.6. The molecular formula is C73H43Cl6F20N7O17. The van der Waals surface area contributed by atoms with E-state index in [1.807, 2.05) is 0 Å². The molecule has 1 aromatic heterocycles. The topological polar surface area (TPSA) is 336 Å². The number of carboxylic acids is 2. The average molecular weight is 1880 g/mol. The number of aliphatic imine (C=N–C) groups is 2. The fourth-order valence-electron chi connectivity index (χ4n) is 9.26. The molecule has 3 amide bonds. The van der Waals surface area contributed by atoms with Crippen molar-refractivity contribution in [2.45, 2.75) is 50.5 Å². The highest BCUT2D eigenvalue weighted by molar-refractivity contribution is 6.67. The third-order valence-electron chi connectivity index (χ3n) is 14.8. The molecule has 0 radical (unpaired) electrons. The number of ketones is 2. The number of rotatable bonds is 19. The number of anilines is 1. The molecule has 50 heteroatoms. The summed E-state index contributed by atoms with van der Waals surface area (Å²) in [6, 6.07) is 11.4. The molecule has 0 spiro atoms. The molecule has 7 aromatic carbocycles. The number of aliphatic carboxylic acids is 1. The molecule has 0 bridgehead atoms. The van der Waals surface area contributed by atoms with Gasteiger partial charge in [-0.25, -0.2) is 26.7 Å². The first-order valence-electron chi connectivity index (χ1n) is 32.3. The van der Waals surface area contributed by atoms with Crippen LogP contribution in [0.4, 0.5) is 93.5 Å². The number of dihydropyridines is 2. The number of aromatic carboxylic acids is 1. The second-order valence-electron chi connectivity index (χ2n) is 23.5. The van der Waals surface area contributed by atoms with Crippen LogP contribution in [0.2, 0.25) is 25.1 Å². The Morgan fingerprint density at radius 1 is 0.439 bits per heavy atom. The highest BCUT2D eigenvalue weighted by Crippen LogP contribution is 2.45. The first kappa shape index (κ1) is 99.4. The Morgan fingerprint density at radius 3 is 1.15 bits per heavy atom. The van der Waals surface area contributed by atoms with Gasteiger partial charge in [0.15, 0.2) is 41.3 Å². The van der Waals surface area contributed by atoms with Gasteiger partial charge in [0.2, 0.25) is 0 Å². The monoisotopic (exact) mass is 1880 g/mol. The van der Waals surface area contributed by atoms with Crippen molar-refractivity contribution in [3.8, 4) is 34.5 Å². The van der Waals surface area contributed by atoms with E-state index in [4.69, 9.17) is 104 Å². The lowest BCUT2D eigenvalue weighted by molar-refractivity contribution is -0.151. The van der Waals surface area contributed by atoms with E-state index >= 15 is 0 Å². The molecule has 10 rings (SSSR count). The van der Waals surface area contributed by atoms with Crippen molar-refractivity contribution in [2.75, 3.05) is 32.6 Å². The number of alkyl halides is 15. The summed E-state index contributed by atoms with van der Waals surface area (Å²) in [4.78, 5) is 123. The number of halogens is 26. The number of methoxy groups -OCH3 is 2. The highest BCUT2D eigenvalue weighted by Gasteiger charge is 2.40. The zero-order chi connectivity index (χ0) is 92.5. The second kappa shape index (κ2) is 41.9. The number of aromatic nitrogens is 2. The van der Waals surface area contributed by atoms with Gasteiger partial charge in [-0.2, -0.15) is 75.6 Å². The number of esters is 1. The van der Waals surface area contributed by atoms with Gasteiger partial charge in [0.05, 0.1) is 131 Å². The summed E-state index contributed by atoms with van der Waals surface area (Å²) in [5.74, 6) is -14.9. The standard InChI is InChI=1S/C24H18ClF4N3O8.C20H13ClF4N2O4.C13H7ClF4N2O2.C8H2Cl2F4O.C8H3ClF4O2/c1-38-19-6-12(26)2-3-17(19)40-18-9-15(24(27,28)29)16(25)8-14(18)23(37)31-13-7-20(33)32(30-10-13)11-39-22(36)5-4-21(34)35;1-30-18-4-10(22)2-3-16(18)31-17-7-14(20(23,24)25)15(21)6-13(17)19(29)27-11-5-12(28)9-26-8-11;14-10-2-8(11(15)3-9(10)13(16,17)18)12(22)20-6-1-7(21)5-19-4-6;9-5-1-3(7(10)15)6(11)2-4(5)8(12,13)14;9-5-1-3(7(14)15)6(10)2-4(5)8(11,12)13/h2-3,6-10H,4-5,11H2,1H3,(H,31,37)(H,34,35);2-8H,9H2,1H3,(H,27,29);1-4H,5H2,(H,20,22);1-2H;1-2H,(H,14,15). The van der Waals surface area contributed by atoms with E-state index in [0.717, 1.165) is 66.9 Å². The van der Waals surface area contributed by atoms with Crippen molar-refractivity contribution in [3.05, 3.63) is 253 Å². The van der Waals surface area contributed by atoms with Crippen molar-refractivity contribution < 1.29 is 165 Å². The molecule has 8 aromatic rings. The van der Waals surface area contributed by atoms with E-state index in [2.05, 4.69) is 31.0 Å². The molecule has 2 aliphatic rings. The van der Waals surface area contributed by atoms with E-state index in [1.165, 1.54) is 26.6 Å². The van der Waals surface area contributed by atoms with E-state index in [1.54, 1.807) is 0 Å². The predicted octanol–water partition coefficient (Wildman–Crippen LogP) is 18.9. The van der Waals surface area contributed by atoms with Gasteiger partial charge in [0, 0.05) is 42.8 Å². The summed E-state index contributed by atoms with van der Waals surface area (Å²) in [5, 5.41) is 22.3. The minimum atomic E-state index is -4.91. The summed E-state index contributed by atoms with van der Waals surface area (Å²) in [7, 11) is 2.38. The molecule has 0 saturated carbocycles. The number of nitrogens with zero attached hydrogens (tertiary/aromatic N) is 4. The molecule has 123 heavy (non-hydrogen) atoms. The summed E-state index contributed by atoms with van der Waals surface area (Å²) in [6.07, 6.45) is -19.5. The van der Waals surface area contributed by atoms with E-state index < -0.39 is 213 Å². The van der Waals surface area contributed by atoms with Gasteiger partial charge < -0.3 is 49.8 Å². The second-order valence-corrected chi connectivity index (χ2v) is 25.9. The normalized spacial score (nSPS) is 12.5. The number of amides is 3. The van der Waals surface area contributed by atoms with Crippen molar-refractivity contribution in [1.29, 1.82) is 0 Å². The van der Waals surface area contributed by atoms with Gasteiger partial charge >= 0.3 is 48.8 Å². The lowest BCUT2D eigenvalue weighted by atomic mass is 10.1. The molecule has 24 nitrogen and oxygen atoms in total. The van der Waals surface area contributed by atoms with Gasteiger partial charge in [-0.05, 0) is 96.5 Å². The Labute approximate surface area is 702 Å². The average Bonchev–Trinajstić information content (AvgIpc) is 0.793. The highest BCUT2D eigenvalue weighted by atomic mass is 35.5.